The first-order valence-electron chi connectivity index (χ1n) is 7.13. The lowest BCUT2D eigenvalue weighted by Gasteiger charge is -2.37. The van der Waals surface area contributed by atoms with Crippen LogP contribution in [0.1, 0.15) is 33.6 Å². The van der Waals surface area contributed by atoms with E-state index in [0.29, 0.717) is 0 Å². The number of hydrogen-bond donors (Lipinski definition) is 0. The summed E-state index contributed by atoms with van der Waals surface area (Å²) in [5.41, 5.74) is -2.02. The molecule has 1 fully saturated rings. The molecule has 130 valence electrons. The third-order valence-electron chi connectivity index (χ3n) is 3.08. The maximum absolute atomic E-state index is 12.3. The lowest BCUT2D eigenvalue weighted by molar-refractivity contribution is -0.0340. The Hall–Kier alpha value is -2.04. The molecule has 1 heterocycles. The number of alkyl halides is 2. The molecule has 0 aromatic rings. The lowest BCUT2D eigenvalue weighted by atomic mass is 9.92. The number of rotatable bonds is 1. The number of nitrogens with zero attached hydrogens (tertiary/aromatic N) is 1. The fraction of sp³-hybridized carbons (Fsp3) is 0.733. The molecule has 6 nitrogen and oxygen atoms in total. The highest BCUT2D eigenvalue weighted by Crippen LogP contribution is 2.27. The third kappa shape index (κ3) is 6.30. The van der Waals surface area contributed by atoms with Gasteiger partial charge in [0.25, 0.3) is 6.43 Å². The van der Waals surface area contributed by atoms with E-state index >= 15 is 0 Å². The number of carbonyl (C=O) groups excluding carboxylic acids is 2. The van der Waals surface area contributed by atoms with Crippen molar-refractivity contribution in [3.63, 3.8) is 0 Å². The number of amides is 1. The molecule has 1 aliphatic heterocycles. The summed E-state index contributed by atoms with van der Waals surface area (Å²) in [6.45, 7) is 5.57. The summed E-state index contributed by atoms with van der Waals surface area (Å²) in [7, 11) is 1.12. The Bertz CT molecular complexity index is 496. The normalized spacial score (nSPS) is 17.1. The summed E-state index contributed by atoms with van der Waals surface area (Å²) < 4.78 is 39.4. The number of hydrogen-bond acceptors (Lipinski definition) is 5. The van der Waals surface area contributed by atoms with Crippen molar-refractivity contribution in [2.24, 2.45) is 0 Å². The van der Waals surface area contributed by atoms with Crippen molar-refractivity contribution in [1.29, 1.82) is 0 Å². The van der Waals surface area contributed by atoms with Gasteiger partial charge in [-0.3, -0.25) is 0 Å². The van der Waals surface area contributed by atoms with Gasteiger partial charge in [-0.15, -0.1) is 0 Å². The van der Waals surface area contributed by atoms with Crippen LogP contribution in [0.2, 0.25) is 0 Å². The minimum atomic E-state index is -2.84. The minimum absolute atomic E-state index is 0.0983. The van der Waals surface area contributed by atoms with Crippen LogP contribution in [0.15, 0.2) is 0 Å². The molecule has 0 radical (unpaired) electrons. The Labute approximate surface area is 134 Å². The van der Waals surface area contributed by atoms with Gasteiger partial charge in [0, 0.05) is 25.9 Å². The van der Waals surface area contributed by atoms with Crippen LogP contribution in [-0.4, -0.2) is 55.0 Å². The molecule has 0 aliphatic carbocycles. The van der Waals surface area contributed by atoms with Crippen LogP contribution in [0.3, 0.4) is 0 Å². The van der Waals surface area contributed by atoms with E-state index in [9.17, 15) is 18.4 Å². The summed E-state index contributed by atoms with van der Waals surface area (Å²) in [6.07, 6.45) is -4.15. The van der Waals surface area contributed by atoms with Crippen LogP contribution in [0.25, 0.3) is 0 Å². The van der Waals surface area contributed by atoms with Crippen LogP contribution in [0.4, 0.5) is 18.4 Å². The quantitative estimate of drug-likeness (QED) is 0.545. The Morgan fingerprint density at radius 1 is 1.22 bits per heavy atom. The lowest BCUT2D eigenvalue weighted by Crippen LogP contribution is -2.49. The predicted molar refractivity (Wildman–Crippen MR) is 77.0 cm³/mol. The topological polar surface area (TPSA) is 65.1 Å². The number of methoxy groups -OCH3 is 1. The van der Waals surface area contributed by atoms with E-state index in [-0.39, 0.29) is 25.9 Å². The molecule has 0 aromatic carbocycles. The van der Waals surface area contributed by atoms with E-state index in [1.165, 1.54) is 4.90 Å². The zero-order valence-corrected chi connectivity index (χ0v) is 13.7. The predicted octanol–water partition coefficient (Wildman–Crippen LogP) is 2.81. The Balaban J connectivity index is 2.78. The van der Waals surface area contributed by atoms with E-state index in [1.54, 1.807) is 26.7 Å². The van der Waals surface area contributed by atoms with Gasteiger partial charge >= 0.3 is 12.2 Å². The SMILES string of the molecule is COC(=O)OC1(C#CC(F)F)CCN(C(=O)OC(C)(C)C)CC1. The van der Waals surface area contributed by atoms with Gasteiger partial charge in [-0.1, -0.05) is 0 Å². The molecule has 0 unspecified atom stereocenters. The molecule has 0 aromatic heterocycles. The number of carbonyl (C=O) groups is 2. The van der Waals surface area contributed by atoms with E-state index in [2.05, 4.69) is 10.7 Å². The monoisotopic (exact) mass is 333 g/mol. The largest absolute Gasteiger partial charge is 0.509 e. The van der Waals surface area contributed by atoms with E-state index in [1.807, 2.05) is 0 Å². The van der Waals surface area contributed by atoms with Gasteiger partial charge in [-0.25, -0.2) is 9.59 Å². The first-order chi connectivity index (χ1) is 10.6. The minimum Gasteiger partial charge on any atom is -0.444 e. The van der Waals surface area contributed by atoms with E-state index in [4.69, 9.17) is 9.47 Å². The van der Waals surface area contributed by atoms with Gasteiger partial charge in [0.2, 0.25) is 0 Å². The zero-order valence-electron chi connectivity index (χ0n) is 13.7. The Kier molecular flexibility index (Phi) is 6.19. The first kappa shape index (κ1) is 19.0. The molecule has 0 saturated carbocycles. The van der Waals surface area contributed by atoms with Crippen LogP contribution in [-0.2, 0) is 14.2 Å². The van der Waals surface area contributed by atoms with Gasteiger partial charge in [-0.05, 0) is 32.6 Å². The summed E-state index contributed by atoms with van der Waals surface area (Å²) in [5.74, 6) is 4.02. The van der Waals surface area contributed by atoms with Gasteiger partial charge in [0.15, 0.2) is 5.60 Å². The summed E-state index contributed by atoms with van der Waals surface area (Å²) in [5, 5.41) is 0. The maximum Gasteiger partial charge on any atom is 0.509 e. The van der Waals surface area contributed by atoms with Crippen molar-refractivity contribution in [3.8, 4) is 11.8 Å². The van der Waals surface area contributed by atoms with Crippen LogP contribution < -0.4 is 0 Å². The highest BCUT2D eigenvalue weighted by Gasteiger charge is 2.39. The molecule has 1 saturated heterocycles. The summed E-state index contributed by atoms with van der Waals surface area (Å²) in [4.78, 5) is 24.7. The molecular weight excluding hydrogens is 312 g/mol. The molecule has 23 heavy (non-hydrogen) atoms. The number of piperidine rings is 1. The average Bonchev–Trinajstić information content (AvgIpc) is 2.44. The molecule has 1 aliphatic rings. The van der Waals surface area contributed by atoms with Crippen molar-refractivity contribution in [3.05, 3.63) is 0 Å². The third-order valence-corrected chi connectivity index (χ3v) is 3.08. The molecule has 0 bridgehead atoms. The highest BCUT2D eigenvalue weighted by molar-refractivity contribution is 5.68. The fourth-order valence-corrected chi connectivity index (χ4v) is 2.02. The smallest absolute Gasteiger partial charge is 0.444 e. The van der Waals surface area contributed by atoms with Crippen molar-refractivity contribution >= 4 is 12.2 Å². The second kappa shape index (κ2) is 7.49. The zero-order chi connectivity index (χ0) is 17.7. The van der Waals surface area contributed by atoms with E-state index < -0.39 is 29.9 Å². The highest BCUT2D eigenvalue weighted by atomic mass is 19.3. The van der Waals surface area contributed by atoms with Gasteiger partial charge in [0.05, 0.1) is 7.11 Å². The number of likely N-dealkylation sites (tertiary alicyclic amines) is 1. The second-order valence-electron chi connectivity index (χ2n) is 6.09. The number of ether oxygens (including phenoxy) is 3. The fourth-order valence-electron chi connectivity index (χ4n) is 2.02. The molecular formula is C15H21F2NO5. The van der Waals surface area contributed by atoms with Crippen molar-refractivity contribution in [2.45, 2.75) is 51.2 Å². The van der Waals surface area contributed by atoms with Gasteiger partial charge in [0.1, 0.15) is 5.60 Å². The molecule has 0 N–H and O–H groups in total. The van der Waals surface area contributed by atoms with Crippen LogP contribution >= 0.6 is 0 Å². The van der Waals surface area contributed by atoms with E-state index in [0.717, 1.165) is 7.11 Å². The molecule has 0 spiro atoms. The molecule has 8 heteroatoms. The maximum atomic E-state index is 12.3. The van der Waals surface area contributed by atoms with Crippen LogP contribution in [0, 0.1) is 11.8 Å². The first-order valence-corrected chi connectivity index (χ1v) is 7.13. The molecule has 1 amide bonds. The Morgan fingerprint density at radius 3 is 2.22 bits per heavy atom. The van der Waals surface area contributed by atoms with Crippen molar-refractivity contribution in [1.82, 2.24) is 4.90 Å². The molecule has 0 atom stereocenters. The average molecular weight is 333 g/mol. The number of halogens is 2. The summed E-state index contributed by atoms with van der Waals surface area (Å²) in [6, 6.07) is 0. The van der Waals surface area contributed by atoms with Crippen molar-refractivity contribution in [2.75, 3.05) is 20.2 Å². The van der Waals surface area contributed by atoms with Crippen LogP contribution in [0.5, 0.6) is 0 Å². The summed E-state index contributed by atoms with van der Waals surface area (Å²) >= 11 is 0. The standard InChI is InChI=1S/C15H21F2NO5/c1-14(2,3)22-12(19)18-9-7-15(8-10-18,6-5-11(16)17)23-13(20)21-4/h11H,7-10H2,1-4H3. The van der Waals surface area contributed by atoms with Crippen molar-refractivity contribution < 1.29 is 32.6 Å². The van der Waals surface area contributed by atoms with Gasteiger partial charge in [-0.2, -0.15) is 8.78 Å². The Morgan fingerprint density at radius 2 is 1.78 bits per heavy atom. The van der Waals surface area contributed by atoms with Gasteiger partial charge < -0.3 is 19.1 Å². The molecule has 1 rings (SSSR count). The second-order valence-corrected chi connectivity index (χ2v) is 6.09.